The van der Waals surface area contributed by atoms with Crippen LogP contribution in [0, 0.1) is 0 Å². The number of thiophene rings is 1. The minimum atomic E-state index is 0.220. The minimum Gasteiger partial charge on any atom is -0.374 e. The van der Waals surface area contributed by atoms with Crippen LogP contribution in [-0.2, 0) is 11.2 Å². The van der Waals surface area contributed by atoms with Crippen molar-refractivity contribution in [1.29, 1.82) is 0 Å². The van der Waals surface area contributed by atoms with Crippen LogP contribution in [0.15, 0.2) is 6.07 Å². The second-order valence-corrected chi connectivity index (χ2v) is 5.93. The number of fused-ring (bicyclic) bond motifs is 1. The maximum absolute atomic E-state index is 6.21. The molecule has 2 nitrogen and oxygen atoms in total. The normalized spacial score (nSPS) is 21.2. The summed E-state index contributed by atoms with van der Waals surface area (Å²) in [5.41, 5.74) is 7.63. The third kappa shape index (κ3) is 2.90. The topological polar surface area (TPSA) is 35.2 Å². The Morgan fingerprint density at radius 1 is 1.53 bits per heavy atom. The first-order chi connectivity index (χ1) is 8.26. The van der Waals surface area contributed by atoms with Crippen molar-refractivity contribution < 1.29 is 4.74 Å². The average Bonchev–Trinajstić information content (AvgIpc) is 2.75. The molecule has 1 aromatic rings. The molecule has 96 valence electrons. The molecule has 2 N–H and O–H groups in total. The van der Waals surface area contributed by atoms with Crippen LogP contribution >= 0.6 is 11.3 Å². The molecule has 1 heterocycles. The van der Waals surface area contributed by atoms with E-state index in [0.29, 0.717) is 6.10 Å². The van der Waals surface area contributed by atoms with E-state index in [1.807, 2.05) is 11.3 Å². The molecule has 0 saturated heterocycles. The quantitative estimate of drug-likeness (QED) is 0.862. The third-order valence-corrected chi connectivity index (χ3v) is 4.75. The van der Waals surface area contributed by atoms with Crippen molar-refractivity contribution in [2.45, 2.75) is 58.1 Å². The summed E-state index contributed by atoms with van der Waals surface area (Å²) >= 11 is 1.91. The molecule has 0 fully saturated rings. The van der Waals surface area contributed by atoms with Gasteiger partial charge in [-0.15, -0.1) is 11.3 Å². The molecule has 0 radical (unpaired) electrons. The van der Waals surface area contributed by atoms with E-state index in [9.17, 15) is 0 Å². The van der Waals surface area contributed by atoms with Crippen molar-refractivity contribution in [3.63, 3.8) is 0 Å². The van der Waals surface area contributed by atoms with E-state index in [0.717, 1.165) is 19.4 Å². The van der Waals surface area contributed by atoms with E-state index in [1.54, 1.807) is 0 Å². The van der Waals surface area contributed by atoms with E-state index >= 15 is 0 Å². The summed E-state index contributed by atoms with van der Waals surface area (Å²) in [6.07, 6.45) is 6.18. The average molecular weight is 253 g/mol. The third-order valence-electron chi connectivity index (χ3n) is 3.41. The molecule has 0 spiro atoms. The minimum absolute atomic E-state index is 0.220. The van der Waals surface area contributed by atoms with Crippen LogP contribution < -0.4 is 5.73 Å². The lowest BCUT2D eigenvalue weighted by Gasteiger charge is -2.22. The van der Waals surface area contributed by atoms with Crippen LogP contribution in [-0.4, -0.2) is 6.61 Å². The van der Waals surface area contributed by atoms with Gasteiger partial charge in [0.1, 0.15) is 0 Å². The van der Waals surface area contributed by atoms with E-state index in [4.69, 9.17) is 10.5 Å². The van der Waals surface area contributed by atoms with Gasteiger partial charge in [-0.25, -0.2) is 0 Å². The Kier molecular flexibility index (Phi) is 4.60. The highest BCUT2D eigenvalue weighted by atomic mass is 32.1. The van der Waals surface area contributed by atoms with E-state index in [-0.39, 0.29) is 6.04 Å². The fraction of sp³-hybridized carbons (Fsp3) is 0.714. The van der Waals surface area contributed by atoms with Crippen LogP contribution in [0.3, 0.4) is 0 Å². The van der Waals surface area contributed by atoms with Gasteiger partial charge in [-0.2, -0.15) is 0 Å². The summed E-state index contributed by atoms with van der Waals surface area (Å²) in [6.45, 7) is 5.07. The summed E-state index contributed by atoms with van der Waals surface area (Å²) in [4.78, 5) is 2.86. The Hall–Kier alpha value is -0.380. The smallest absolute Gasteiger partial charge is 0.0835 e. The number of hydrogen-bond acceptors (Lipinski definition) is 3. The van der Waals surface area contributed by atoms with Crippen molar-refractivity contribution in [3.05, 3.63) is 21.4 Å². The lowest BCUT2D eigenvalue weighted by atomic mass is 9.95. The Bertz CT molecular complexity index is 361. The summed E-state index contributed by atoms with van der Waals surface area (Å²) in [6, 6.07) is 2.53. The first-order valence-corrected chi connectivity index (χ1v) is 7.57. The zero-order valence-electron chi connectivity index (χ0n) is 10.9. The summed E-state index contributed by atoms with van der Waals surface area (Å²) in [7, 11) is 0. The molecule has 1 aliphatic carbocycles. The van der Waals surface area contributed by atoms with Crippen molar-refractivity contribution in [2.75, 3.05) is 6.61 Å². The zero-order chi connectivity index (χ0) is 12.3. The zero-order valence-corrected chi connectivity index (χ0v) is 11.7. The molecule has 17 heavy (non-hydrogen) atoms. The number of nitrogens with two attached hydrogens (primary N) is 1. The highest BCUT2D eigenvalue weighted by Gasteiger charge is 2.24. The molecule has 0 amide bonds. The van der Waals surface area contributed by atoms with Gasteiger partial charge in [0.2, 0.25) is 0 Å². The van der Waals surface area contributed by atoms with Gasteiger partial charge in [-0.05, 0) is 44.2 Å². The Morgan fingerprint density at radius 3 is 3.06 bits per heavy atom. The Morgan fingerprint density at radius 2 is 2.35 bits per heavy atom. The Labute approximate surface area is 108 Å². The monoisotopic (exact) mass is 253 g/mol. The predicted octanol–water partition coefficient (Wildman–Crippen LogP) is 3.96. The molecule has 1 aliphatic rings. The molecule has 2 unspecified atom stereocenters. The van der Waals surface area contributed by atoms with Crippen molar-refractivity contribution in [3.8, 4) is 0 Å². The van der Waals surface area contributed by atoms with E-state index < -0.39 is 0 Å². The van der Waals surface area contributed by atoms with Crippen molar-refractivity contribution in [1.82, 2.24) is 0 Å². The number of aryl methyl sites for hydroxylation is 1. The van der Waals surface area contributed by atoms with Gasteiger partial charge in [-0.1, -0.05) is 13.3 Å². The summed E-state index contributed by atoms with van der Waals surface area (Å²) < 4.78 is 5.83. The fourth-order valence-corrected chi connectivity index (χ4v) is 3.84. The van der Waals surface area contributed by atoms with Crippen LogP contribution in [0.25, 0.3) is 0 Å². The first kappa shape index (κ1) is 13.1. The molecular weight excluding hydrogens is 230 g/mol. The number of rotatable bonds is 5. The van der Waals surface area contributed by atoms with Gasteiger partial charge in [0.25, 0.3) is 0 Å². The highest BCUT2D eigenvalue weighted by Crippen LogP contribution is 2.39. The van der Waals surface area contributed by atoms with E-state index in [2.05, 4.69) is 19.9 Å². The van der Waals surface area contributed by atoms with Gasteiger partial charge in [0.05, 0.1) is 6.10 Å². The van der Waals surface area contributed by atoms with Gasteiger partial charge < -0.3 is 10.5 Å². The first-order valence-electron chi connectivity index (χ1n) is 6.75. The van der Waals surface area contributed by atoms with Gasteiger partial charge in [0.15, 0.2) is 0 Å². The second-order valence-electron chi connectivity index (χ2n) is 4.76. The standard InChI is InChI=1S/C14H23NOS/c1-3-6-11(15)14-9-10-12(16-4-2)7-5-8-13(10)17-14/h9,11-12H,3-8,15H2,1-2H3. The molecule has 0 aromatic carbocycles. The second kappa shape index (κ2) is 5.98. The van der Waals surface area contributed by atoms with E-state index in [1.165, 1.54) is 34.6 Å². The molecule has 3 heteroatoms. The molecule has 0 aliphatic heterocycles. The molecule has 2 atom stereocenters. The molecular formula is C14H23NOS. The largest absolute Gasteiger partial charge is 0.374 e. The van der Waals surface area contributed by atoms with Crippen molar-refractivity contribution >= 4 is 11.3 Å². The highest BCUT2D eigenvalue weighted by molar-refractivity contribution is 7.12. The predicted molar refractivity (Wildman–Crippen MR) is 73.5 cm³/mol. The lowest BCUT2D eigenvalue weighted by molar-refractivity contribution is 0.0506. The fourth-order valence-electron chi connectivity index (χ4n) is 2.55. The van der Waals surface area contributed by atoms with Crippen LogP contribution in [0.2, 0.25) is 0 Å². The van der Waals surface area contributed by atoms with Gasteiger partial charge in [-0.3, -0.25) is 0 Å². The molecule has 0 bridgehead atoms. The maximum atomic E-state index is 6.21. The number of ether oxygens (including phenoxy) is 1. The number of hydrogen-bond donors (Lipinski definition) is 1. The van der Waals surface area contributed by atoms with Crippen LogP contribution in [0.5, 0.6) is 0 Å². The SMILES string of the molecule is CCCC(N)c1cc2c(s1)CCCC2OCC. The lowest BCUT2D eigenvalue weighted by Crippen LogP contribution is -2.10. The molecule has 0 saturated carbocycles. The van der Waals surface area contributed by atoms with Gasteiger partial charge in [0, 0.05) is 22.4 Å². The maximum Gasteiger partial charge on any atom is 0.0835 e. The summed E-state index contributed by atoms with van der Waals surface area (Å²) in [5.74, 6) is 0. The van der Waals surface area contributed by atoms with Crippen LogP contribution in [0.4, 0.5) is 0 Å². The van der Waals surface area contributed by atoms with Gasteiger partial charge >= 0.3 is 0 Å². The van der Waals surface area contributed by atoms with Crippen LogP contribution in [0.1, 0.15) is 67.0 Å². The Balaban J connectivity index is 2.18. The molecule has 1 aromatic heterocycles. The molecule has 2 rings (SSSR count). The summed E-state index contributed by atoms with van der Waals surface area (Å²) in [5, 5.41) is 0. The van der Waals surface area contributed by atoms with Crippen molar-refractivity contribution in [2.24, 2.45) is 5.73 Å².